The van der Waals surface area contributed by atoms with Crippen LogP contribution in [-0.2, 0) is 13.6 Å². The van der Waals surface area contributed by atoms with E-state index >= 15 is 0 Å². The normalized spacial score (nSPS) is 11.6. The van der Waals surface area contributed by atoms with Crippen molar-refractivity contribution >= 4 is 34.0 Å². The number of ether oxygens (including phenoxy) is 1. The average Bonchev–Trinajstić information content (AvgIpc) is 3.09. The van der Waals surface area contributed by atoms with Crippen LogP contribution in [0.3, 0.4) is 0 Å². The van der Waals surface area contributed by atoms with Crippen molar-refractivity contribution in [1.29, 1.82) is 0 Å². The molecule has 164 valence electrons. The molecule has 0 saturated heterocycles. The lowest BCUT2D eigenvalue weighted by Crippen LogP contribution is -2.24. The molecule has 0 atom stereocenters. The van der Waals surface area contributed by atoms with E-state index in [4.69, 9.17) is 9.72 Å². The summed E-state index contributed by atoms with van der Waals surface area (Å²) in [6, 6.07) is 23.6. The minimum absolute atomic E-state index is 0.0413. The molecule has 5 rings (SSSR count). The van der Waals surface area contributed by atoms with Gasteiger partial charge < -0.3 is 9.30 Å². The summed E-state index contributed by atoms with van der Waals surface area (Å²) in [5.74, 6) is 1.44. The summed E-state index contributed by atoms with van der Waals surface area (Å²) in [5.41, 5.74) is 5.05. The Kier molecular flexibility index (Phi) is 5.31. The molecule has 5 aromatic rings. The second kappa shape index (κ2) is 8.43. The van der Waals surface area contributed by atoms with Crippen molar-refractivity contribution in [1.82, 2.24) is 14.1 Å². The highest BCUT2D eigenvalue weighted by atomic mass is 16.5. The largest absolute Gasteiger partial charge is 0.497 e. The van der Waals surface area contributed by atoms with Gasteiger partial charge in [0.1, 0.15) is 11.6 Å². The van der Waals surface area contributed by atoms with Crippen LogP contribution in [-0.4, -0.2) is 21.2 Å². The van der Waals surface area contributed by atoms with Crippen LogP contribution in [0.1, 0.15) is 22.6 Å². The quantitative estimate of drug-likeness (QED) is 0.370. The van der Waals surface area contributed by atoms with Gasteiger partial charge in [0.25, 0.3) is 5.56 Å². The van der Waals surface area contributed by atoms with Gasteiger partial charge in [0.05, 0.1) is 24.6 Å². The van der Waals surface area contributed by atoms with Gasteiger partial charge >= 0.3 is 0 Å². The molecule has 33 heavy (non-hydrogen) atoms. The number of nitrogens with zero attached hydrogens (tertiary/aromatic N) is 3. The number of hydrogen-bond donors (Lipinski definition) is 0. The summed E-state index contributed by atoms with van der Waals surface area (Å²) < 4.78 is 9.36. The molecule has 0 aliphatic rings. The Morgan fingerprint density at radius 1 is 0.939 bits per heavy atom. The van der Waals surface area contributed by atoms with Crippen molar-refractivity contribution in [2.75, 3.05) is 7.11 Å². The number of aromatic nitrogens is 3. The zero-order valence-electron chi connectivity index (χ0n) is 18.9. The summed E-state index contributed by atoms with van der Waals surface area (Å²) in [4.78, 5) is 18.2. The molecule has 0 spiro atoms. The van der Waals surface area contributed by atoms with E-state index in [0.29, 0.717) is 23.3 Å². The number of hydrogen-bond acceptors (Lipinski definition) is 3. The van der Waals surface area contributed by atoms with Crippen molar-refractivity contribution in [3.05, 3.63) is 106 Å². The third kappa shape index (κ3) is 3.72. The van der Waals surface area contributed by atoms with Gasteiger partial charge in [-0.1, -0.05) is 42.5 Å². The molecule has 0 amide bonds. The fourth-order valence-corrected chi connectivity index (χ4v) is 4.31. The van der Waals surface area contributed by atoms with Crippen LogP contribution in [0.25, 0.3) is 34.0 Å². The minimum Gasteiger partial charge on any atom is -0.497 e. The number of benzene rings is 3. The predicted octanol–water partition coefficient (Wildman–Crippen LogP) is 5.42. The van der Waals surface area contributed by atoms with Gasteiger partial charge in [0, 0.05) is 29.2 Å². The van der Waals surface area contributed by atoms with E-state index in [1.165, 1.54) is 0 Å². The Labute approximate surface area is 192 Å². The summed E-state index contributed by atoms with van der Waals surface area (Å²) >= 11 is 0. The second-order valence-electron chi connectivity index (χ2n) is 8.14. The molecule has 2 heterocycles. The molecule has 2 aromatic heterocycles. The van der Waals surface area contributed by atoms with Gasteiger partial charge in [-0.05, 0) is 55.0 Å². The lowest BCUT2D eigenvalue weighted by atomic mass is 10.1. The molecule has 3 aromatic carbocycles. The van der Waals surface area contributed by atoms with E-state index in [1.54, 1.807) is 11.7 Å². The lowest BCUT2D eigenvalue weighted by Gasteiger charge is -2.11. The molecule has 0 bridgehead atoms. The highest BCUT2D eigenvalue weighted by Crippen LogP contribution is 2.30. The molecule has 0 fully saturated rings. The van der Waals surface area contributed by atoms with E-state index in [-0.39, 0.29) is 5.56 Å². The van der Waals surface area contributed by atoms with Crippen molar-refractivity contribution in [3.63, 3.8) is 0 Å². The van der Waals surface area contributed by atoms with Crippen LogP contribution in [0, 0.1) is 6.92 Å². The highest BCUT2D eigenvalue weighted by molar-refractivity contribution is 5.94. The van der Waals surface area contributed by atoms with Gasteiger partial charge in [0.15, 0.2) is 0 Å². The Balaban J connectivity index is 1.68. The molecule has 0 aliphatic carbocycles. The molecule has 0 unspecified atom stereocenters. The monoisotopic (exact) mass is 435 g/mol. The lowest BCUT2D eigenvalue weighted by molar-refractivity contribution is 0.415. The number of aryl methyl sites for hydroxylation is 1. The van der Waals surface area contributed by atoms with Crippen LogP contribution in [0.2, 0.25) is 0 Å². The average molecular weight is 436 g/mol. The smallest absolute Gasteiger partial charge is 0.261 e. The van der Waals surface area contributed by atoms with Crippen LogP contribution in [0.4, 0.5) is 0 Å². The Hall–Kier alpha value is -4.12. The first-order valence-corrected chi connectivity index (χ1v) is 10.9. The van der Waals surface area contributed by atoms with E-state index < -0.39 is 0 Å². The Morgan fingerprint density at radius 3 is 2.48 bits per heavy atom. The topological polar surface area (TPSA) is 49.0 Å². The van der Waals surface area contributed by atoms with Crippen molar-refractivity contribution < 1.29 is 4.74 Å². The van der Waals surface area contributed by atoms with Crippen molar-refractivity contribution in [2.45, 2.75) is 13.5 Å². The zero-order chi connectivity index (χ0) is 22.9. The van der Waals surface area contributed by atoms with Crippen molar-refractivity contribution in [3.8, 4) is 5.75 Å². The summed E-state index contributed by atoms with van der Waals surface area (Å²) in [5, 5.41) is 1.72. The maximum Gasteiger partial charge on any atom is 0.261 e. The second-order valence-corrected chi connectivity index (χ2v) is 8.14. The Bertz CT molecular complexity index is 1560. The number of para-hydroxylation sites is 1. The fourth-order valence-electron chi connectivity index (χ4n) is 4.31. The maximum atomic E-state index is 13.4. The maximum absolute atomic E-state index is 13.4. The summed E-state index contributed by atoms with van der Waals surface area (Å²) in [6.07, 6.45) is 3.99. The van der Waals surface area contributed by atoms with Crippen LogP contribution >= 0.6 is 0 Å². The summed E-state index contributed by atoms with van der Waals surface area (Å²) in [6.45, 7) is 2.55. The first kappa shape index (κ1) is 20.8. The third-order valence-electron chi connectivity index (χ3n) is 6.22. The molecule has 0 radical (unpaired) electrons. The molecule has 5 nitrogen and oxygen atoms in total. The zero-order valence-corrected chi connectivity index (χ0v) is 18.9. The van der Waals surface area contributed by atoms with Crippen LogP contribution in [0.5, 0.6) is 5.75 Å². The molecular formula is C28H25N3O2. The van der Waals surface area contributed by atoms with Gasteiger partial charge in [-0.25, -0.2) is 4.98 Å². The van der Waals surface area contributed by atoms with E-state index in [2.05, 4.69) is 30.7 Å². The number of methoxy groups -OCH3 is 1. The number of rotatable bonds is 5. The molecular weight excluding hydrogens is 410 g/mol. The standard InChI is InChI=1S/C28H25N3O2/c1-19-22(24-17-21(33-3)13-15-26(24)30(19)2)14-16-27-29-25-12-8-7-11-23(25)28(32)31(27)18-20-9-5-4-6-10-20/h4-17H,18H2,1-3H3. The third-order valence-corrected chi connectivity index (χ3v) is 6.22. The van der Waals surface area contributed by atoms with Crippen LogP contribution < -0.4 is 10.3 Å². The molecule has 0 saturated carbocycles. The first-order chi connectivity index (χ1) is 16.1. The van der Waals surface area contributed by atoms with E-state index in [9.17, 15) is 4.79 Å². The SMILES string of the molecule is COc1ccc2c(c1)c(C=Cc1nc3ccccc3c(=O)n1Cc1ccccc1)c(C)n2C. The Morgan fingerprint density at radius 2 is 1.70 bits per heavy atom. The van der Waals surface area contributed by atoms with Crippen LogP contribution in [0.15, 0.2) is 77.6 Å². The summed E-state index contributed by atoms with van der Waals surface area (Å²) in [7, 11) is 3.73. The first-order valence-electron chi connectivity index (χ1n) is 10.9. The highest BCUT2D eigenvalue weighted by Gasteiger charge is 2.13. The van der Waals surface area contributed by atoms with Gasteiger partial charge in [-0.3, -0.25) is 9.36 Å². The van der Waals surface area contributed by atoms with Gasteiger partial charge in [0.2, 0.25) is 0 Å². The van der Waals surface area contributed by atoms with Gasteiger partial charge in [-0.2, -0.15) is 0 Å². The number of fused-ring (bicyclic) bond motifs is 2. The van der Waals surface area contributed by atoms with Crippen molar-refractivity contribution in [2.24, 2.45) is 7.05 Å². The molecule has 0 N–H and O–H groups in total. The van der Waals surface area contributed by atoms with Gasteiger partial charge in [-0.15, -0.1) is 0 Å². The fraction of sp³-hybridized carbons (Fsp3) is 0.143. The molecule has 5 heteroatoms. The predicted molar refractivity (Wildman–Crippen MR) is 135 cm³/mol. The van der Waals surface area contributed by atoms with E-state index in [0.717, 1.165) is 33.5 Å². The molecule has 0 aliphatic heterocycles. The van der Waals surface area contributed by atoms with E-state index in [1.807, 2.05) is 72.8 Å². The minimum atomic E-state index is -0.0413.